The van der Waals surface area contributed by atoms with E-state index in [0.717, 1.165) is 11.3 Å². The summed E-state index contributed by atoms with van der Waals surface area (Å²) in [6, 6.07) is 12.5. The second kappa shape index (κ2) is 6.58. The fraction of sp³-hybridized carbons (Fsp3) is 0.133. The van der Waals surface area contributed by atoms with Crippen molar-refractivity contribution in [1.82, 2.24) is 0 Å². The van der Waals surface area contributed by atoms with Gasteiger partial charge in [-0.15, -0.1) is 0 Å². The highest BCUT2D eigenvalue weighted by Crippen LogP contribution is 2.29. The summed E-state index contributed by atoms with van der Waals surface area (Å²) >= 11 is 5.52. The lowest BCUT2D eigenvalue weighted by molar-refractivity contribution is 0.102. The van der Waals surface area contributed by atoms with Crippen molar-refractivity contribution in [1.29, 1.82) is 0 Å². The average Bonchev–Trinajstić information content (AvgIpc) is 2.42. The van der Waals surface area contributed by atoms with Gasteiger partial charge in [0.15, 0.2) is 0 Å². The van der Waals surface area contributed by atoms with E-state index >= 15 is 0 Å². The van der Waals surface area contributed by atoms with E-state index in [1.165, 1.54) is 6.07 Å². The van der Waals surface area contributed by atoms with Gasteiger partial charge in [-0.25, -0.2) is 0 Å². The van der Waals surface area contributed by atoms with Crippen LogP contribution < -0.4 is 5.32 Å². The Balaban J connectivity index is 2.26. The normalized spacial score (nSPS) is 11.9. The fourth-order valence-electron chi connectivity index (χ4n) is 1.81. The van der Waals surface area contributed by atoms with Crippen LogP contribution in [0.25, 0.3) is 0 Å². The van der Waals surface area contributed by atoms with Gasteiger partial charge in [-0.1, -0.05) is 34.1 Å². The summed E-state index contributed by atoms with van der Waals surface area (Å²) < 4.78 is 0.716. The summed E-state index contributed by atoms with van der Waals surface area (Å²) in [6.07, 6.45) is 0. The van der Waals surface area contributed by atoms with Crippen LogP contribution in [0.2, 0.25) is 0 Å². The number of halogens is 2. The summed E-state index contributed by atoms with van der Waals surface area (Å²) in [5, 5.41) is 12.5. The Morgan fingerprint density at radius 2 is 2.00 bits per heavy atom. The molecule has 0 saturated carbocycles. The summed E-state index contributed by atoms with van der Waals surface area (Å²) in [6.45, 7) is 2.00. The quantitative estimate of drug-likeness (QED) is 0.531. The average molecular weight is 446 g/mol. The van der Waals surface area contributed by atoms with E-state index in [1.807, 2.05) is 53.8 Å². The number of carbonyl (C=O) groups excluding carboxylic acids is 1. The van der Waals surface area contributed by atoms with Crippen molar-refractivity contribution < 1.29 is 9.90 Å². The zero-order valence-corrected chi connectivity index (χ0v) is 14.5. The molecule has 0 radical (unpaired) electrons. The monoisotopic (exact) mass is 445 g/mol. The molecule has 0 spiro atoms. The molecule has 20 heavy (non-hydrogen) atoms. The number of hydrogen-bond donors (Lipinski definition) is 2. The molecule has 0 heterocycles. The van der Waals surface area contributed by atoms with Gasteiger partial charge >= 0.3 is 0 Å². The summed E-state index contributed by atoms with van der Waals surface area (Å²) in [4.78, 5) is 12.4. The Labute approximate surface area is 139 Å². The number of para-hydroxylation sites is 1. The van der Waals surface area contributed by atoms with Gasteiger partial charge in [0.25, 0.3) is 5.91 Å². The predicted molar refractivity (Wildman–Crippen MR) is 92.6 cm³/mol. The highest BCUT2D eigenvalue weighted by Gasteiger charge is 2.12. The Morgan fingerprint density at radius 1 is 1.30 bits per heavy atom. The number of alkyl halides is 1. The van der Waals surface area contributed by atoms with E-state index in [4.69, 9.17) is 0 Å². The molecular formula is C15H13BrINO2. The molecule has 3 nitrogen and oxygen atoms in total. The van der Waals surface area contributed by atoms with Gasteiger partial charge in [-0.2, -0.15) is 0 Å². The van der Waals surface area contributed by atoms with Gasteiger partial charge in [0, 0.05) is 16.1 Å². The zero-order chi connectivity index (χ0) is 14.7. The van der Waals surface area contributed by atoms with Crippen molar-refractivity contribution in [2.24, 2.45) is 0 Å². The molecular weight excluding hydrogens is 433 g/mol. The first-order chi connectivity index (χ1) is 9.49. The zero-order valence-electron chi connectivity index (χ0n) is 10.7. The first kappa shape index (κ1) is 15.3. The van der Waals surface area contributed by atoms with Crippen molar-refractivity contribution in [3.63, 3.8) is 0 Å². The molecule has 2 rings (SSSR count). The van der Waals surface area contributed by atoms with E-state index in [-0.39, 0.29) is 16.5 Å². The van der Waals surface area contributed by atoms with Crippen molar-refractivity contribution in [2.45, 2.75) is 11.8 Å². The van der Waals surface area contributed by atoms with Gasteiger partial charge in [-0.3, -0.25) is 4.79 Å². The van der Waals surface area contributed by atoms with E-state index in [0.29, 0.717) is 9.13 Å². The molecule has 0 bridgehead atoms. The van der Waals surface area contributed by atoms with Crippen molar-refractivity contribution in [3.8, 4) is 5.75 Å². The van der Waals surface area contributed by atoms with E-state index in [2.05, 4.69) is 21.2 Å². The first-order valence-electron chi connectivity index (χ1n) is 6.02. The molecule has 5 heteroatoms. The van der Waals surface area contributed by atoms with Crippen molar-refractivity contribution in [3.05, 3.63) is 57.2 Å². The minimum atomic E-state index is -0.239. The Hall–Kier alpha value is -1.08. The minimum absolute atomic E-state index is 0.111. The van der Waals surface area contributed by atoms with Crippen LogP contribution in [0.5, 0.6) is 5.75 Å². The van der Waals surface area contributed by atoms with Gasteiger partial charge in [-0.05, 0) is 59.3 Å². The highest BCUT2D eigenvalue weighted by atomic mass is 127. The van der Waals surface area contributed by atoms with Gasteiger partial charge < -0.3 is 10.4 Å². The number of phenolic OH excluding ortho intramolecular Hbond substituents is 1. The molecule has 0 aliphatic rings. The molecule has 1 unspecified atom stereocenters. The molecule has 2 N–H and O–H groups in total. The number of anilines is 1. The number of hydrogen-bond acceptors (Lipinski definition) is 2. The lowest BCUT2D eigenvalue weighted by Crippen LogP contribution is -2.13. The molecule has 104 valence electrons. The van der Waals surface area contributed by atoms with Crippen LogP contribution in [-0.4, -0.2) is 11.0 Å². The smallest absolute Gasteiger partial charge is 0.255 e. The van der Waals surface area contributed by atoms with Gasteiger partial charge in [0.1, 0.15) is 5.75 Å². The fourth-order valence-corrected chi connectivity index (χ4v) is 2.54. The number of phenols is 1. The Kier molecular flexibility index (Phi) is 5.04. The maximum absolute atomic E-state index is 12.2. The Bertz CT molecular complexity index is 644. The van der Waals surface area contributed by atoms with Crippen molar-refractivity contribution in [2.75, 3.05) is 5.32 Å². The Morgan fingerprint density at radius 3 is 2.65 bits per heavy atom. The first-order valence-corrected chi connectivity index (χ1v) is 8.01. The maximum atomic E-state index is 12.2. The number of carbonyl (C=O) groups is 1. The minimum Gasteiger partial charge on any atom is -0.507 e. The maximum Gasteiger partial charge on any atom is 0.255 e. The van der Waals surface area contributed by atoms with Crippen LogP contribution in [0.3, 0.4) is 0 Å². The lowest BCUT2D eigenvalue weighted by atomic mass is 10.1. The van der Waals surface area contributed by atoms with E-state index in [9.17, 15) is 9.90 Å². The standard InChI is InChI=1S/C15H13BrINO2/c1-9(16)11-4-2-3-5-13(11)18-15(20)10-6-7-12(17)14(19)8-10/h2-9,19H,1H3,(H,18,20). The van der Waals surface area contributed by atoms with E-state index < -0.39 is 0 Å². The summed E-state index contributed by atoms with van der Waals surface area (Å²) in [5.41, 5.74) is 2.20. The molecule has 2 aromatic carbocycles. The second-order valence-corrected chi connectivity index (χ2v) is 6.86. The van der Waals surface area contributed by atoms with Gasteiger partial charge in [0.2, 0.25) is 0 Å². The number of amides is 1. The number of aromatic hydroxyl groups is 1. The number of rotatable bonds is 3. The third-order valence-corrected chi connectivity index (χ3v) is 4.25. The molecule has 1 amide bonds. The van der Waals surface area contributed by atoms with Gasteiger partial charge in [0.05, 0.1) is 3.57 Å². The third kappa shape index (κ3) is 3.52. The molecule has 0 aromatic heterocycles. The largest absolute Gasteiger partial charge is 0.507 e. The summed E-state index contributed by atoms with van der Waals surface area (Å²) in [7, 11) is 0. The molecule has 0 aliphatic heterocycles. The number of nitrogens with one attached hydrogen (secondary N) is 1. The van der Waals surface area contributed by atoms with Crippen molar-refractivity contribution >= 4 is 50.1 Å². The topological polar surface area (TPSA) is 49.3 Å². The van der Waals surface area contributed by atoms with Crippen LogP contribution in [-0.2, 0) is 0 Å². The van der Waals surface area contributed by atoms with Crippen LogP contribution >= 0.6 is 38.5 Å². The SMILES string of the molecule is CC(Br)c1ccccc1NC(=O)c1ccc(I)c(O)c1. The van der Waals surface area contributed by atoms with E-state index in [1.54, 1.807) is 12.1 Å². The highest BCUT2D eigenvalue weighted by molar-refractivity contribution is 14.1. The molecule has 1 atom stereocenters. The molecule has 0 aliphatic carbocycles. The third-order valence-electron chi connectivity index (χ3n) is 2.85. The molecule has 0 fully saturated rings. The molecule has 2 aromatic rings. The number of benzene rings is 2. The summed E-state index contributed by atoms with van der Waals surface area (Å²) in [5.74, 6) is -0.127. The van der Waals surface area contributed by atoms with Crippen LogP contribution in [0, 0.1) is 3.57 Å². The van der Waals surface area contributed by atoms with Crippen LogP contribution in [0.4, 0.5) is 5.69 Å². The predicted octanol–water partition coefficient (Wildman–Crippen LogP) is 4.71. The lowest BCUT2D eigenvalue weighted by Gasteiger charge is -2.13. The van der Waals surface area contributed by atoms with Crippen LogP contribution in [0.15, 0.2) is 42.5 Å². The molecule has 0 saturated heterocycles. The second-order valence-electron chi connectivity index (χ2n) is 4.32. The van der Waals surface area contributed by atoms with Crippen LogP contribution in [0.1, 0.15) is 27.7 Å².